The first-order chi connectivity index (χ1) is 7.99. The summed E-state index contributed by atoms with van der Waals surface area (Å²) in [6.45, 7) is 6.04. The van der Waals surface area contributed by atoms with Gasteiger partial charge in [-0.1, -0.05) is 23.7 Å². The first-order valence-corrected chi connectivity index (χ1v) is 6.16. The molecule has 1 aliphatic heterocycles. The monoisotopic (exact) mass is 252 g/mol. The Hall–Kier alpha value is -1.06. The zero-order valence-electron chi connectivity index (χ0n) is 10.2. The molecule has 4 heteroatoms. The van der Waals surface area contributed by atoms with Crippen molar-refractivity contribution in [3.63, 3.8) is 0 Å². The summed E-state index contributed by atoms with van der Waals surface area (Å²) in [6, 6.07) is 7.65. The van der Waals surface area contributed by atoms with E-state index < -0.39 is 5.54 Å². The minimum absolute atomic E-state index is 0.142. The molecule has 2 rings (SSSR count). The van der Waals surface area contributed by atoms with Crippen molar-refractivity contribution in [2.75, 3.05) is 13.1 Å². The Bertz CT molecular complexity index is 431. The maximum atomic E-state index is 12.2. The zero-order valence-corrected chi connectivity index (χ0v) is 10.9. The van der Waals surface area contributed by atoms with E-state index in [4.69, 9.17) is 11.6 Å². The Morgan fingerprint density at radius 2 is 2.24 bits per heavy atom. The van der Waals surface area contributed by atoms with Gasteiger partial charge in [0.2, 0.25) is 5.91 Å². The molecule has 1 amide bonds. The second kappa shape index (κ2) is 4.67. The number of amides is 1. The van der Waals surface area contributed by atoms with Gasteiger partial charge in [0, 0.05) is 24.7 Å². The normalized spacial score (nSPS) is 19.5. The molecular formula is C13H17ClN2O. The lowest BCUT2D eigenvalue weighted by molar-refractivity contribution is -0.140. The number of nitrogens with zero attached hydrogens (tertiary/aromatic N) is 1. The number of benzene rings is 1. The van der Waals surface area contributed by atoms with Crippen molar-refractivity contribution < 1.29 is 4.79 Å². The number of hydrogen-bond donors (Lipinski definition) is 1. The molecule has 1 N–H and O–H groups in total. The highest BCUT2D eigenvalue weighted by Gasteiger charge is 2.34. The van der Waals surface area contributed by atoms with E-state index in [1.165, 1.54) is 0 Å². The topological polar surface area (TPSA) is 32.3 Å². The van der Waals surface area contributed by atoms with Crippen LogP contribution in [0.2, 0.25) is 5.02 Å². The highest BCUT2D eigenvalue weighted by molar-refractivity contribution is 6.30. The average molecular weight is 253 g/mol. The third-order valence-electron chi connectivity index (χ3n) is 3.03. The second-order valence-corrected chi connectivity index (χ2v) is 5.34. The van der Waals surface area contributed by atoms with Crippen molar-refractivity contribution in [3.05, 3.63) is 34.9 Å². The van der Waals surface area contributed by atoms with E-state index in [0.29, 0.717) is 11.6 Å². The predicted octanol–water partition coefficient (Wildman–Crippen LogP) is 2.05. The van der Waals surface area contributed by atoms with Gasteiger partial charge in [0.15, 0.2) is 0 Å². The van der Waals surface area contributed by atoms with Crippen LogP contribution in [-0.4, -0.2) is 29.4 Å². The van der Waals surface area contributed by atoms with E-state index in [2.05, 4.69) is 5.32 Å². The first-order valence-electron chi connectivity index (χ1n) is 5.78. The molecule has 0 aliphatic carbocycles. The van der Waals surface area contributed by atoms with Gasteiger partial charge in [-0.3, -0.25) is 4.79 Å². The van der Waals surface area contributed by atoms with Gasteiger partial charge in [-0.05, 0) is 31.5 Å². The molecule has 3 nitrogen and oxygen atoms in total. The minimum atomic E-state index is -0.461. The van der Waals surface area contributed by atoms with E-state index in [1.807, 2.05) is 43.0 Å². The fourth-order valence-electron chi connectivity index (χ4n) is 2.08. The molecule has 1 aromatic rings. The van der Waals surface area contributed by atoms with E-state index in [9.17, 15) is 4.79 Å². The molecular weight excluding hydrogens is 236 g/mol. The number of hydrogen-bond acceptors (Lipinski definition) is 2. The molecule has 0 bridgehead atoms. The molecule has 0 aromatic heterocycles. The predicted molar refractivity (Wildman–Crippen MR) is 69.0 cm³/mol. The Morgan fingerprint density at radius 3 is 2.94 bits per heavy atom. The Morgan fingerprint density at radius 1 is 1.47 bits per heavy atom. The van der Waals surface area contributed by atoms with Crippen molar-refractivity contribution in [2.24, 2.45) is 0 Å². The fraction of sp³-hybridized carbons (Fsp3) is 0.462. The maximum Gasteiger partial charge on any atom is 0.242 e. The van der Waals surface area contributed by atoms with Crippen LogP contribution in [0.15, 0.2) is 24.3 Å². The number of halogens is 1. The van der Waals surface area contributed by atoms with Crippen molar-refractivity contribution in [1.82, 2.24) is 10.2 Å². The molecule has 1 saturated heterocycles. The smallest absolute Gasteiger partial charge is 0.242 e. The molecule has 0 saturated carbocycles. The van der Waals surface area contributed by atoms with E-state index in [0.717, 1.165) is 18.7 Å². The summed E-state index contributed by atoms with van der Waals surface area (Å²) in [6.07, 6.45) is 0. The van der Waals surface area contributed by atoms with Crippen LogP contribution in [0.5, 0.6) is 0 Å². The lowest BCUT2D eigenvalue weighted by Gasteiger charge is -2.38. The molecule has 17 heavy (non-hydrogen) atoms. The van der Waals surface area contributed by atoms with E-state index >= 15 is 0 Å². The van der Waals surface area contributed by atoms with Crippen LogP contribution in [0.1, 0.15) is 19.4 Å². The van der Waals surface area contributed by atoms with Crippen LogP contribution in [-0.2, 0) is 11.3 Å². The molecule has 0 unspecified atom stereocenters. The average Bonchev–Trinajstić information content (AvgIpc) is 2.25. The fourth-order valence-corrected chi connectivity index (χ4v) is 2.30. The largest absolute Gasteiger partial charge is 0.336 e. The van der Waals surface area contributed by atoms with E-state index in [1.54, 1.807) is 0 Å². The lowest BCUT2D eigenvalue weighted by atomic mass is 10.0. The third-order valence-corrected chi connectivity index (χ3v) is 3.27. The van der Waals surface area contributed by atoms with Crippen molar-refractivity contribution in [1.29, 1.82) is 0 Å². The van der Waals surface area contributed by atoms with Crippen LogP contribution in [0.3, 0.4) is 0 Å². The molecule has 1 fully saturated rings. The first kappa shape index (κ1) is 12.4. The highest BCUT2D eigenvalue weighted by Crippen LogP contribution is 2.17. The second-order valence-electron chi connectivity index (χ2n) is 4.91. The lowest BCUT2D eigenvalue weighted by Crippen LogP contribution is -2.60. The zero-order chi connectivity index (χ0) is 12.5. The SMILES string of the molecule is CC1(C)NCCN(Cc2cccc(Cl)c2)C1=O. The Kier molecular flexibility index (Phi) is 3.40. The van der Waals surface area contributed by atoms with Gasteiger partial charge in [0.05, 0.1) is 5.54 Å². The van der Waals surface area contributed by atoms with Crippen LogP contribution in [0.4, 0.5) is 0 Å². The van der Waals surface area contributed by atoms with Gasteiger partial charge in [0.1, 0.15) is 0 Å². The van der Waals surface area contributed by atoms with Crippen molar-refractivity contribution in [2.45, 2.75) is 25.9 Å². The minimum Gasteiger partial charge on any atom is -0.336 e. The quantitative estimate of drug-likeness (QED) is 0.874. The van der Waals surface area contributed by atoms with Crippen LogP contribution < -0.4 is 5.32 Å². The van der Waals surface area contributed by atoms with Gasteiger partial charge in [-0.25, -0.2) is 0 Å². The summed E-state index contributed by atoms with van der Waals surface area (Å²) in [5, 5.41) is 3.93. The number of piperazine rings is 1. The Balaban J connectivity index is 2.11. The molecule has 1 aromatic carbocycles. The number of rotatable bonds is 2. The summed E-state index contributed by atoms with van der Waals surface area (Å²) in [7, 11) is 0. The maximum absolute atomic E-state index is 12.2. The van der Waals surface area contributed by atoms with Gasteiger partial charge >= 0.3 is 0 Å². The Labute approximate surface area is 107 Å². The van der Waals surface area contributed by atoms with Crippen molar-refractivity contribution in [3.8, 4) is 0 Å². The molecule has 1 aliphatic rings. The van der Waals surface area contributed by atoms with Crippen LogP contribution in [0.25, 0.3) is 0 Å². The molecule has 0 spiro atoms. The van der Waals surface area contributed by atoms with Crippen LogP contribution >= 0.6 is 11.6 Å². The number of carbonyl (C=O) groups is 1. The number of nitrogens with one attached hydrogen (secondary N) is 1. The summed E-state index contributed by atoms with van der Waals surface area (Å²) < 4.78 is 0. The van der Waals surface area contributed by atoms with Gasteiger partial charge in [-0.15, -0.1) is 0 Å². The molecule has 92 valence electrons. The third kappa shape index (κ3) is 2.79. The summed E-state index contributed by atoms with van der Waals surface area (Å²) in [5.41, 5.74) is 0.611. The van der Waals surface area contributed by atoms with Gasteiger partial charge < -0.3 is 10.2 Å². The van der Waals surface area contributed by atoms with Gasteiger partial charge in [0.25, 0.3) is 0 Å². The molecule has 0 radical (unpaired) electrons. The summed E-state index contributed by atoms with van der Waals surface area (Å²) >= 11 is 5.94. The summed E-state index contributed by atoms with van der Waals surface area (Å²) in [5.74, 6) is 0.142. The van der Waals surface area contributed by atoms with Crippen LogP contribution in [0, 0.1) is 0 Å². The summed E-state index contributed by atoms with van der Waals surface area (Å²) in [4.78, 5) is 14.0. The standard InChI is InChI=1S/C13H17ClN2O/c1-13(2)12(17)16(7-6-15-13)9-10-4-3-5-11(14)8-10/h3-5,8,15H,6-7,9H2,1-2H3. The van der Waals surface area contributed by atoms with Crippen molar-refractivity contribution >= 4 is 17.5 Å². The van der Waals surface area contributed by atoms with E-state index in [-0.39, 0.29) is 5.91 Å². The van der Waals surface area contributed by atoms with Gasteiger partial charge in [-0.2, -0.15) is 0 Å². The highest BCUT2D eigenvalue weighted by atomic mass is 35.5. The number of carbonyl (C=O) groups excluding carboxylic acids is 1. The molecule has 1 heterocycles. The molecule has 0 atom stereocenters.